The Morgan fingerprint density at radius 1 is 1.11 bits per heavy atom. The number of halogens is 2. The van der Waals surface area contributed by atoms with Gasteiger partial charge < -0.3 is 18.8 Å². The number of carbonyl (C=O) groups excluding carboxylic acids is 1. The van der Waals surface area contributed by atoms with E-state index in [1.54, 1.807) is 36.3 Å². The summed E-state index contributed by atoms with van der Waals surface area (Å²) in [5.74, 6) is -0.0925. The van der Waals surface area contributed by atoms with E-state index in [1.807, 2.05) is 17.0 Å². The number of aromatic nitrogens is 3. The average Bonchev–Trinajstić information content (AvgIpc) is 3.38. The standard InChI is InChI=1S/C24H26F2N6O4/c1-34-20-6-4-18(5-7-20)32(24(33)31-10-8-30(9-11-31)19-14-35-15-19)13-17-3-2-16(12-27-17)22-28-29-23(36-22)21(25)26/h2-7,12,19,21H,8-11,13-15H2,1H3. The topological polar surface area (TPSA) is 97.1 Å². The molecule has 36 heavy (non-hydrogen) atoms. The van der Waals surface area contributed by atoms with Crippen molar-refractivity contribution in [2.24, 2.45) is 0 Å². The molecule has 5 rings (SSSR count). The Labute approximate surface area is 206 Å². The number of nitrogens with zero attached hydrogens (tertiary/aromatic N) is 6. The van der Waals surface area contributed by atoms with Gasteiger partial charge in [0.2, 0.25) is 5.89 Å². The third-order valence-electron chi connectivity index (χ3n) is 6.36. The predicted octanol–water partition coefficient (Wildman–Crippen LogP) is 3.22. The van der Waals surface area contributed by atoms with Crippen LogP contribution in [-0.2, 0) is 11.3 Å². The molecule has 2 amide bonds. The number of hydrogen-bond acceptors (Lipinski definition) is 8. The molecule has 0 spiro atoms. The predicted molar refractivity (Wildman–Crippen MR) is 125 cm³/mol. The fourth-order valence-electron chi connectivity index (χ4n) is 4.16. The summed E-state index contributed by atoms with van der Waals surface area (Å²) in [5.41, 5.74) is 1.73. The van der Waals surface area contributed by atoms with Crippen molar-refractivity contribution in [3.63, 3.8) is 0 Å². The summed E-state index contributed by atoms with van der Waals surface area (Å²) in [4.78, 5) is 23.9. The monoisotopic (exact) mass is 500 g/mol. The number of alkyl halides is 2. The Hall–Kier alpha value is -3.64. The highest BCUT2D eigenvalue weighted by molar-refractivity contribution is 5.92. The zero-order valence-corrected chi connectivity index (χ0v) is 19.7. The molecule has 2 aliphatic rings. The maximum atomic E-state index is 13.6. The van der Waals surface area contributed by atoms with Gasteiger partial charge in [-0.25, -0.2) is 4.79 Å². The number of ether oxygens (including phenoxy) is 2. The molecule has 190 valence electrons. The molecule has 0 unspecified atom stereocenters. The molecule has 10 nitrogen and oxygen atoms in total. The average molecular weight is 501 g/mol. The second kappa shape index (κ2) is 10.5. The van der Waals surface area contributed by atoms with Crippen LogP contribution < -0.4 is 9.64 Å². The van der Waals surface area contributed by atoms with Crippen LogP contribution in [0.2, 0.25) is 0 Å². The van der Waals surface area contributed by atoms with Gasteiger partial charge in [0, 0.05) is 38.1 Å². The van der Waals surface area contributed by atoms with E-state index in [9.17, 15) is 13.6 Å². The molecule has 0 radical (unpaired) electrons. The number of amides is 2. The second-order valence-corrected chi connectivity index (χ2v) is 8.57. The van der Waals surface area contributed by atoms with Gasteiger partial charge in [-0.3, -0.25) is 14.8 Å². The molecule has 12 heteroatoms. The highest BCUT2D eigenvalue weighted by atomic mass is 19.3. The number of anilines is 1. The first-order chi connectivity index (χ1) is 17.5. The van der Waals surface area contributed by atoms with Gasteiger partial charge >= 0.3 is 12.5 Å². The van der Waals surface area contributed by atoms with Crippen LogP contribution in [0.4, 0.5) is 19.3 Å². The minimum atomic E-state index is -2.84. The number of hydrogen-bond donors (Lipinski definition) is 0. The van der Waals surface area contributed by atoms with E-state index >= 15 is 0 Å². The summed E-state index contributed by atoms with van der Waals surface area (Å²) in [6.07, 6.45) is -1.37. The van der Waals surface area contributed by atoms with Crippen LogP contribution in [-0.4, -0.2) is 83.6 Å². The van der Waals surface area contributed by atoms with E-state index in [1.165, 1.54) is 6.20 Å². The Morgan fingerprint density at radius 3 is 2.42 bits per heavy atom. The smallest absolute Gasteiger partial charge is 0.324 e. The van der Waals surface area contributed by atoms with Crippen molar-refractivity contribution in [3.05, 3.63) is 54.2 Å². The molecule has 3 aromatic rings. The Bertz CT molecular complexity index is 1160. The quantitative estimate of drug-likeness (QED) is 0.488. The molecule has 2 aliphatic heterocycles. The maximum absolute atomic E-state index is 13.6. The van der Waals surface area contributed by atoms with Gasteiger partial charge in [0.1, 0.15) is 5.75 Å². The van der Waals surface area contributed by atoms with Crippen LogP contribution in [0, 0.1) is 0 Å². The molecule has 2 fully saturated rings. The van der Waals surface area contributed by atoms with Crippen LogP contribution in [0.5, 0.6) is 5.75 Å². The van der Waals surface area contributed by atoms with Crippen molar-refractivity contribution in [1.82, 2.24) is 25.0 Å². The summed E-state index contributed by atoms with van der Waals surface area (Å²) < 4.78 is 41.1. The Morgan fingerprint density at radius 2 is 1.86 bits per heavy atom. The molecule has 4 heterocycles. The van der Waals surface area contributed by atoms with Gasteiger partial charge in [-0.1, -0.05) is 0 Å². The fourth-order valence-corrected chi connectivity index (χ4v) is 4.16. The normalized spacial score (nSPS) is 16.7. The van der Waals surface area contributed by atoms with Gasteiger partial charge in [-0.05, 0) is 36.4 Å². The van der Waals surface area contributed by atoms with Crippen molar-refractivity contribution in [3.8, 4) is 17.2 Å². The van der Waals surface area contributed by atoms with Crippen LogP contribution in [0.3, 0.4) is 0 Å². The van der Waals surface area contributed by atoms with E-state index in [0.29, 0.717) is 41.8 Å². The second-order valence-electron chi connectivity index (χ2n) is 8.57. The lowest BCUT2D eigenvalue weighted by molar-refractivity contribution is -0.0738. The van der Waals surface area contributed by atoms with Crippen molar-refractivity contribution in [2.45, 2.75) is 19.0 Å². The number of benzene rings is 1. The van der Waals surface area contributed by atoms with Crippen LogP contribution in [0.15, 0.2) is 47.0 Å². The van der Waals surface area contributed by atoms with Crippen molar-refractivity contribution in [1.29, 1.82) is 0 Å². The lowest BCUT2D eigenvalue weighted by Crippen LogP contribution is -2.59. The van der Waals surface area contributed by atoms with Gasteiger partial charge in [0.05, 0.1) is 44.2 Å². The minimum Gasteiger partial charge on any atom is -0.497 e. The molecule has 0 aliphatic carbocycles. The zero-order valence-electron chi connectivity index (χ0n) is 19.7. The van der Waals surface area contributed by atoms with Crippen molar-refractivity contribution < 1.29 is 27.5 Å². The molecule has 2 aromatic heterocycles. The number of methoxy groups -OCH3 is 1. The number of carbonyl (C=O) groups is 1. The van der Waals surface area contributed by atoms with Crippen LogP contribution in [0.1, 0.15) is 18.0 Å². The molecule has 0 atom stereocenters. The number of pyridine rings is 1. The highest BCUT2D eigenvalue weighted by Gasteiger charge is 2.32. The van der Waals surface area contributed by atoms with E-state index < -0.39 is 12.3 Å². The van der Waals surface area contributed by atoms with Crippen molar-refractivity contribution in [2.75, 3.05) is 51.4 Å². The van der Waals surface area contributed by atoms with Gasteiger partial charge in [0.15, 0.2) is 0 Å². The maximum Gasteiger partial charge on any atom is 0.324 e. The fraction of sp³-hybridized carbons (Fsp3) is 0.417. The van der Waals surface area contributed by atoms with Gasteiger partial charge in [-0.15, -0.1) is 10.2 Å². The first-order valence-electron chi connectivity index (χ1n) is 11.6. The SMILES string of the molecule is COc1ccc(N(Cc2ccc(-c3nnc(C(F)F)o3)cn2)C(=O)N2CCN(C3COC3)CC2)cc1. The lowest BCUT2D eigenvalue weighted by Gasteiger charge is -2.43. The molecular weight excluding hydrogens is 474 g/mol. The highest BCUT2D eigenvalue weighted by Crippen LogP contribution is 2.25. The van der Waals surface area contributed by atoms with Crippen LogP contribution >= 0.6 is 0 Å². The number of rotatable bonds is 7. The minimum absolute atomic E-state index is 0.0397. The van der Waals surface area contributed by atoms with E-state index in [4.69, 9.17) is 13.9 Å². The summed E-state index contributed by atoms with van der Waals surface area (Å²) in [7, 11) is 1.59. The molecule has 0 saturated carbocycles. The van der Waals surface area contributed by atoms with Gasteiger partial charge in [0.25, 0.3) is 5.89 Å². The largest absolute Gasteiger partial charge is 0.497 e. The third-order valence-corrected chi connectivity index (χ3v) is 6.36. The first kappa shape index (κ1) is 24.1. The van der Waals surface area contributed by atoms with E-state index in [-0.39, 0.29) is 18.5 Å². The summed E-state index contributed by atoms with van der Waals surface area (Å²) >= 11 is 0. The molecule has 1 aromatic carbocycles. The lowest BCUT2D eigenvalue weighted by atomic mass is 10.2. The first-order valence-corrected chi connectivity index (χ1v) is 11.6. The zero-order chi connectivity index (χ0) is 25.1. The molecular formula is C24H26F2N6O4. The Balaban J connectivity index is 1.32. The Kier molecular flexibility index (Phi) is 7.05. The molecule has 0 bridgehead atoms. The summed E-state index contributed by atoms with van der Waals surface area (Å²) in [6, 6.07) is 11.0. The number of piperazine rings is 1. The molecule has 0 N–H and O–H groups in total. The van der Waals surface area contributed by atoms with E-state index in [2.05, 4.69) is 20.1 Å². The third kappa shape index (κ3) is 5.14. The summed E-state index contributed by atoms with van der Waals surface area (Å²) in [6.45, 7) is 4.56. The summed E-state index contributed by atoms with van der Waals surface area (Å²) in [5, 5.41) is 6.99. The van der Waals surface area contributed by atoms with Crippen LogP contribution in [0.25, 0.3) is 11.5 Å². The van der Waals surface area contributed by atoms with Crippen molar-refractivity contribution >= 4 is 11.7 Å². The number of urea groups is 1. The van der Waals surface area contributed by atoms with Gasteiger partial charge in [-0.2, -0.15) is 8.78 Å². The molecule has 2 saturated heterocycles. The van der Waals surface area contributed by atoms with E-state index in [0.717, 1.165) is 26.3 Å².